The second-order valence-corrected chi connectivity index (χ2v) is 14.3. The van der Waals surface area contributed by atoms with Crippen molar-refractivity contribution in [2.24, 2.45) is 11.8 Å². The molecule has 2 nitrogen and oxygen atoms in total. The lowest BCUT2D eigenvalue weighted by atomic mass is 9.96. The summed E-state index contributed by atoms with van der Waals surface area (Å²) in [5.41, 5.74) is 10.5. The number of nitrogens with zero attached hydrogens (tertiary/aromatic N) is 1. The fourth-order valence-corrected chi connectivity index (χ4v) is 5.54. The first-order chi connectivity index (χ1) is 20.2. The molecule has 2 aromatic carbocycles. The Kier molecular flexibility index (Phi) is 17.6. The molecule has 3 aromatic rings. The van der Waals surface area contributed by atoms with E-state index in [4.69, 9.17) is 0 Å². The molecule has 2 heteroatoms. The van der Waals surface area contributed by atoms with Crippen LogP contribution >= 0.6 is 0 Å². The molecule has 0 atom stereocenters. The van der Waals surface area contributed by atoms with Crippen LogP contribution in [0.1, 0.15) is 159 Å². The minimum absolute atomic E-state index is 0. The van der Waals surface area contributed by atoms with Gasteiger partial charge in [-0.15, -0.1) is 0 Å². The largest absolute Gasteiger partial charge is 0.313 e. The molecule has 2 aliphatic rings. The molecule has 0 saturated carbocycles. The number of fused-ring (bicyclic) bond motifs is 1. The first kappa shape index (κ1) is 42.9. The first-order valence-electron chi connectivity index (χ1n) is 16.6. The zero-order valence-electron chi connectivity index (χ0n) is 29.1. The average Bonchev–Trinajstić information content (AvgIpc) is 3.53. The SMILES string of the molecule is C.C.C.CC(C)C1=CC2=C(C=C(C(C)C)C2)C1.CC(C)c1ccc2cc(C(C)C)ccc2c1.CC(C)c1ccn(C(C)C)c(=O)c1. The summed E-state index contributed by atoms with van der Waals surface area (Å²) >= 11 is 0. The van der Waals surface area contributed by atoms with Gasteiger partial charge < -0.3 is 4.57 Å². The summed E-state index contributed by atoms with van der Waals surface area (Å²) in [6, 6.07) is 17.6. The van der Waals surface area contributed by atoms with Gasteiger partial charge in [0.1, 0.15) is 0 Å². The Balaban J connectivity index is 0.000000643. The van der Waals surface area contributed by atoms with Gasteiger partial charge in [-0.3, -0.25) is 4.79 Å². The molecule has 46 heavy (non-hydrogen) atoms. The Morgan fingerprint density at radius 3 is 1.17 bits per heavy atom. The van der Waals surface area contributed by atoms with E-state index in [-0.39, 0.29) is 33.9 Å². The van der Waals surface area contributed by atoms with E-state index in [9.17, 15) is 4.79 Å². The molecule has 0 radical (unpaired) electrons. The summed E-state index contributed by atoms with van der Waals surface area (Å²) in [5.74, 6) is 3.07. The lowest BCUT2D eigenvalue weighted by molar-refractivity contribution is 0.575. The fraction of sp³-hybridized carbons (Fsp3) is 0.523. The highest BCUT2D eigenvalue weighted by atomic mass is 16.1. The quantitative estimate of drug-likeness (QED) is 0.266. The zero-order valence-corrected chi connectivity index (χ0v) is 29.1. The minimum atomic E-state index is 0. The number of hydrogen-bond donors (Lipinski definition) is 0. The van der Waals surface area contributed by atoms with Crippen LogP contribution in [-0.2, 0) is 0 Å². The molecule has 0 bridgehead atoms. The third kappa shape index (κ3) is 11.3. The van der Waals surface area contributed by atoms with Crippen molar-refractivity contribution in [2.75, 3.05) is 0 Å². The number of aromatic nitrogens is 1. The van der Waals surface area contributed by atoms with Crippen molar-refractivity contribution in [3.63, 3.8) is 0 Å². The molecule has 2 aliphatic carbocycles. The van der Waals surface area contributed by atoms with Gasteiger partial charge in [-0.05, 0) is 101 Å². The summed E-state index contributed by atoms with van der Waals surface area (Å²) in [4.78, 5) is 11.5. The van der Waals surface area contributed by atoms with Crippen molar-refractivity contribution >= 4 is 10.8 Å². The van der Waals surface area contributed by atoms with Gasteiger partial charge in [0.2, 0.25) is 0 Å². The van der Waals surface area contributed by atoms with E-state index in [0.29, 0.717) is 17.8 Å². The average molecular weight is 628 g/mol. The molecule has 256 valence electrons. The van der Waals surface area contributed by atoms with E-state index in [1.54, 1.807) is 32.9 Å². The molecule has 0 aliphatic heterocycles. The molecule has 0 fully saturated rings. The Bertz CT molecular complexity index is 1450. The number of rotatable bonds is 6. The maximum absolute atomic E-state index is 11.5. The van der Waals surface area contributed by atoms with Gasteiger partial charge in [0, 0.05) is 18.3 Å². The Hall–Kier alpha value is -3.13. The minimum Gasteiger partial charge on any atom is -0.313 e. The van der Waals surface area contributed by atoms with Crippen LogP contribution in [0.25, 0.3) is 10.8 Å². The molecule has 1 aromatic heterocycles. The highest BCUT2D eigenvalue weighted by Crippen LogP contribution is 2.40. The second-order valence-electron chi connectivity index (χ2n) is 14.3. The van der Waals surface area contributed by atoms with E-state index in [0.717, 1.165) is 17.4 Å². The van der Waals surface area contributed by atoms with Crippen LogP contribution < -0.4 is 5.56 Å². The molecule has 1 heterocycles. The predicted octanol–water partition coefficient (Wildman–Crippen LogP) is 13.8. The third-order valence-electron chi connectivity index (χ3n) is 8.82. The van der Waals surface area contributed by atoms with Crippen LogP contribution in [-0.4, -0.2) is 4.57 Å². The molecule has 5 rings (SSSR count). The Labute approximate surface area is 284 Å². The number of benzene rings is 2. The third-order valence-corrected chi connectivity index (χ3v) is 8.82. The number of hydrogen-bond acceptors (Lipinski definition) is 1. The standard InChI is InChI=1S/C16H20.C14H20.C11H17NO.3CH4/c1-11(2)13-5-7-16-10-14(12(3)4)6-8-15(16)9-13;1-9(2)11-5-13-7-12(10(3)4)8-14(13)6-11;1-8(2)10-5-6-12(9(3)4)11(13)7-10;;;/h5-12H,1-4H3;5,8-10H,6-7H2,1-4H3;5-9H,1-4H3;3*1H4. The Morgan fingerprint density at radius 2 is 0.870 bits per heavy atom. The second kappa shape index (κ2) is 18.9. The van der Waals surface area contributed by atoms with Crippen molar-refractivity contribution in [3.8, 4) is 0 Å². The van der Waals surface area contributed by atoms with Crippen LogP contribution in [0.15, 0.2) is 94.0 Å². The topological polar surface area (TPSA) is 22.0 Å². The van der Waals surface area contributed by atoms with Crippen LogP contribution in [0, 0.1) is 11.8 Å². The summed E-state index contributed by atoms with van der Waals surface area (Å²) in [6.45, 7) is 26.3. The first-order valence-corrected chi connectivity index (χ1v) is 16.6. The van der Waals surface area contributed by atoms with Gasteiger partial charge in [0.05, 0.1) is 0 Å². The van der Waals surface area contributed by atoms with Crippen molar-refractivity contribution in [3.05, 3.63) is 116 Å². The monoisotopic (exact) mass is 628 g/mol. The van der Waals surface area contributed by atoms with Crippen LogP contribution in [0.3, 0.4) is 0 Å². The molecule has 0 spiro atoms. The van der Waals surface area contributed by atoms with Crippen LogP contribution in [0.4, 0.5) is 0 Å². The number of allylic oxidation sites excluding steroid dienone is 6. The van der Waals surface area contributed by atoms with E-state index in [2.05, 4.69) is 118 Å². The van der Waals surface area contributed by atoms with Gasteiger partial charge >= 0.3 is 0 Å². The van der Waals surface area contributed by atoms with E-state index in [1.165, 1.54) is 34.7 Å². The van der Waals surface area contributed by atoms with Gasteiger partial charge in [-0.1, -0.05) is 151 Å². The van der Waals surface area contributed by atoms with E-state index >= 15 is 0 Å². The van der Waals surface area contributed by atoms with Gasteiger partial charge in [0.25, 0.3) is 5.56 Å². The highest BCUT2D eigenvalue weighted by Gasteiger charge is 2.23. The highest BCUT2D eigenvalue weighted by molar-refractivity contribution is 5.84. The van der Waals surface area contributed by atoms with Crippen molar-refractivity contribution in [2.45, 2.75) is 142 Å². The lowest BCUT2D eigenvalue weighted by Crippen LogP contribution is -2.20. The molecular weight excluding hydrogens is 558 g/mol. The normalized spacial score (nSPS) is 13.5. The smallest absolute Gasteiger partial charge is 0.251 e. The van der Waals surface area contributed by atoms with E-state index in [1.807, 2.05) is 26.1 Å². The molecule has 0 unspecified atom stereocenters. The zero-order chi connectivity index (χ0) is 32.0. The maximum Gasteiger partial charge on any atom is 0.251 e. The summed E-state index contributed by atoms with van der Waals surface area (Å²) in [6.07, 6.45) is 9.17. The van der Waals surface area contributed by atoms with Crippen LogP contribution in [0.5, 0.6) is 0 Å². The van der Waals surface area contributed by atoms with Gasteiger partial charge in [-0.25, -0.2) is 0 Å². The van der Waals surface area contributed by atoms with Gasteiger partial charge in [0.15, 0.2) is 0 Å². The van der Waals surface area contributed by atoms with Crippen molar-refractivity contribution < 1.29 is 0 Å². The Morgan fingerprint density at radius 1 is 0.500 bits per heavy atom. The summed E-state index contributed by atoms with van der Waals surface area (Å²) in [7, 11) is 0. The van der Waals surface area contributed by atoms with E-state index < -0.39 is 0 Å². The molecule has 0 N–H and O–H groups in total. The lowest BCUT2D eigenvalue weighted by Gasteiger charge is -2.11. The fourth-order valence-electron chi connectivity index (χ4n) is 5.54. The molecule has 0 saturated heterocycles. The number of pyridine rings is 1. The van der Waals surface area contributed by atoms with Crippen molar-refractivity contribution in [1.82, 2.24) is 4.57 Å². The molecule has 0 amide bonds. The summed E-state index contributed by atoms with van der Waals surface area (Å²) in [5, 5.41) is 2.71. The maximum atomic E-state index is 11.5. The van der Waals surface area contributed by atoms with Gasteiger partial charge in [-0.2, -0.15) is 0 Å². The molecular formula is C44H69NO. The van der Waals surface area contributed by atoms with Crippen LogP contribution in [0.2, 0.25) is 0 Å². The summed E-state index contributed by atoms with van der Waals surface area (Å²) < 4.78 is 1.74. The predicted molar refractivity (Wildman–Crippen MR) is 210 cm³/mol. The van der Waals surface area contributed by atoms with Crippen molar-refractivity contribution in [1.29, 1.82) is 0 Å².